The monoisotopic (exact) mass is 362 g/mol. The highest BCUT2D eigenvalue weighted by molar-refractivity contribution is 5.97. The van der Waals surface area contributed by atoms with Crippen LogP contribution in [0.2, 0.25) is 0 Å². The number of aryl methyl sites for hydroxylation is 1. The smallest absolute Gasteiger partial charge is 0.251 e. The Bertz CT molecular complexity index is 633. The topological polar surface area (TPSA) is 67.4 Å². The number of ether oxygens (including phenoxy) is 1. The maximum Gasteiger partial charge on any atom is 0.251 e. The first kappa shape index (κ1) is 22.2. The van der Waals surface area contributed by atoms with E-state index in [0.717, 1.165) is 11.3 Å². The van der Waals surface area contributed by atoms with Crippen molar-refractivity contribution < 1.29 is 14.3 Å². The molecule has 2 amide bonds. The SMILES string of the molecule is CCc1cc(NC(=O)C(C)C)ccc1C(=O)N[C@H](C(C)OC)C(C)(C)C. The Hall–Kier alpha value is -1.88. The second-order valence-electron chi connectivity index (χ2n) is 8.13. The van der Waals surface area contributed by atoms with Gasteiger partial charge in [0.1, 0.15) is 0 Å². The van der Waals surface area contributed by atoms with E-state index in [1.807, 2.05) is 33.8 Å². The maximum absolute atomic E-state index is 12.9. The molecule has 26 heavy (non-hydrogen) atoms. The maximum atomic E-state index is 12.9. The van der Waals surface area contributed by atoms with Crippen molar-refractivity contribution in [2.24, 2.45) is 11.3 Å². The van der Waals surface area contributed by atoms with Gasteiger partial charge < -0.3 is 15.4 Å². The molecule has 5 heteroatoms. The van der Waals surface area contributed by atoms with Crippen molar-refractivity contribution >= 4 is 17.5 Å². The number of rotatable bonds is 7. The van der Waals surface area contributed by atoms with Crippen LogP contribution in [0.15, 0.2) is 18.2 Å². The van der Waals surface area contributed by atoms with Crippen molar-refractivity contribution in [2.45, 2.75) is 67.0 Å². The van der Waals surface area contributed by atoms with Crippen molar-refractivity contribution in [3.63, 3.8) is 0 Å². The van der Waals surface area contributed by atoms with E-state index in [9.17, 15) is 9.59 Å². The van der Waals surface area contributed by atoms with Crippen LogP contribution in [-0.2, 0) is 16.0 Å². The van der Waals surface area contributed by atoms with Crippen molar-refractivity contribution in [1.82, 2.24) is 5.32 Å². The van der Waals surface area contributed by atoms with E-state index in [4.69, 9.17) is 4.74 Å². The predicted molar refractivity (Wildman–Crippen MR) is 106 cm³/mol. The van der Waals surface area contributed by atoms with Gasteiger partial charge >= 0.3 is 0 Å². The van der Waals surface area contributed by atoms with Gasteiger partial charge in [-0.1, -0.05) is 41.5 Å². The number of methoxy groups -OCH3 is 1. The number of anilines is 1. The Kier molecular flexibility index (Phi) is 7.82. The summed E-state index contributed by atoms with van der Waals surface area (Å²) in [6.07, 6.45) is 0.599. The largest absolute Gasteiger partial charge is 0.380 e. The van der Waals surface area contributed by atoms with Gasteiger partial charge in [-0.2, -0.15) is 0 Å². The first-order chi connectivity index (χ1) is 12.0. The third kappa shape index (κ3) is 5.84. The fraction of sp³-hybridized carbons (Fsp3) is 0.619. The van der Waals surface area contributed by atoms with E-state index in [1.165, 1.54) is 0 Å². The lowest BCUT2D eigenvalue weighted by molar-refractivity contribution is -0.118. The van der Waals surface area contributed by atoms with E-state index in [-0.39, 0.29) is 35.3 Å². The van der Waals surface area contributed by atoms with Crippen LogP contribution in [0.4, 0.5) is 5.69 Å². The number of amides is 2. The van der Waals surface area contributed by atoms with Crippen molar-refractivity contribution in [3.8, 4) is 0 Å². The number of hydrogen-bond acceptors (Lipinski definition) is 3. The molecule has 0 aromatic heterocycles. The minimum absolute atomic E-state index is 0.0361. The highest BCUT2D eigenvalue weighted by Gasteiger charge is 2.32. The van der Waals surface area contributed by atoms with Gasteiger partial charge in [0.2, 0.25) is 5.91 Å². The lowest BCUT2D eigenvalue weighted by Crippen LogP contribution is -2.51. The molecule has 1 aromatic rings. The van der Waals surface area contributed by atoms with Crippen LogP contribution >= 0.6 is 0 Å². The highest BCUT2D eigenvalue weighted by atomic mass is 16.5. The molecule has 0 saturated carbocycles. The Morgan fingerprint density at radius 2 is 1.77 bits per heavy atom. The quantitative estimate of drug-likeness (QED) is 0.770. The molecule has 0 bridgehead atoms. The van der Waals surface area contributed by atoms with Crippen LogP contribution in [0.25, 0.3) is 0 Å². The molecular weight excluding hydrogens is 328 g/mol. The van der Waals surface area contributed by atoms with Gasteiger partial charge in [-0.05, 0) is 42.5 Å². The van der Waals surface area contributed by atoms with E-state index >= 15 is 0 Å². The molecule has 5 nitrogen and oxygen atoms in total. The number of benzene rings is 1. The van der Waals surface area contributed by atoms with Gasteiger partial charge in [0.05, 0.1) is 12.1 Å². The Balaban J connectivity index is 3.06. The molecule has 0 radical (unpaired) electrons. The third-order valence-electron chi connectivity index (χ3n) is 4.58. The van der Waals surface area contributed by atoms with Crippen molar-refractivity contribution in [1.29, 1.82) is 0 Å². The fourth-order valence-electron chi connectivity index (χ4n) is 2.87. The zero-order valence-corrected chi connectivity index (χ0v) is 17.4. The molecule has 0 aliphatic carbocycles. The lowest BCUT2D eigenvalue weighted by atomic mass is 9.83. The van der Waals surface area contributed by atoms with Gasteiger partial charge in [-0.25, -0.2) is 0 Å². The molecule has 0 aliphatic rings. The molecule has 0 heterocycles. The normalized spacial score (nSPS) is 14.0. The zero-order valence-electron chi connectivity index (χ0n) is 17.4. The predicted octanol–water partition coefficient (Wildman–Crippen LogP) is 4.02. The molecule has 0 saturated heterocycles. The minimum Gasteiger partial charge on any atom is -0.380 e. The van der Waals surface area contributed by atoms with Crippen LogP contribution < -0.4 is 10.6 Å². The van der Waals surface area contributed by atoms with Crippen LogP contribution in [0.3, 0.4) is 0 Å². The van der Waals surface area contributed by atoms with E-state index in [2.05, 4.69) is 31.4 Å². The summed E-state index contributed by atoms with van der Waals surface area (Å²) >= 11 is 0. The average molecular weight is 363 g/mol. The van der Waals surface area contributed by atoms with Crippen LogP contribution in [0.5, 0.6) is 0 Å². The van der Waals surface area contributed by atoms with E-state index < -0.39 is 0 Å². The standard InChI is InChI=1S/C21H34N2O3/c1-9-15-12-16(22-19(24)13(2)3)10-11-17(15)20(25)23-18(14(4)26-8)21(5,6)7/h10-14,18H,9H2,1-8H3,(H,22,24)(H,23,25)/t14?,18-/m1/s1. The molecule has 1 unspecified atom stereocenters. The number of hydrogen-bond donors (Lipinski definition) is 2. The molecule has 146 valence electrons. The minimum atomic E-state index is -0.136. The number of nitrogens with one attached hydrogen (secondary N) is 2. The van der Waals surface area contributed by atoms with E-state index in [1.54, 1.807) is 19.2 Å². The Morgan fingerprint density at radius 3 is 2.23 bits per heavy atom. The Labute approximate surface area is 157 Å². The Morgan fingerprint density at radius 1 is 1.15 bits per heavy atom. The molecule has 2 N–H and O–H groups in total. The van der Waals surface area contributed by atoms with Crippen molar-refractivity contribution in [3.05, 3.63) is 29.3 Å². The summed E-state index contributed by atoms with van der Waals surface area (Å²) in [4.78, 5) is 24.8. The van der Waals surface area contributed by atoms with Gasteiger partial charge in [0.15, 0.2) is 0 Å². The van der Waals surface area contributed by atoms with Gasteiger partial charge in [0.25, 0.3) is 5.91 Å². The summed E-state index contributed by atoms with van der Waals surface area (Å²) in [5, 5.41) is 6.01. The first-order valence-corrected chi connectivity index (χ1v) is 9.28. The van der Waals surface area contributed by atoms with Crippen LogP contribution in [-0.4, -0.2) is 31.1 Å². The fourth-order valence-corrected chi connectivity index (χ4v) is 2.87. The zero-order chi connectivity index (χ0) is 20.1. The van der Waals surface area contributed by atoms with Gasteiger partial charge in [-0.15, -0.1) is 0 Å². The molecule has 2 atom stereocenters. The summed E-state index contributed by atoms with van der Waals surface area (Å²) < 4.78 is 5.46. The molecule has 0 aliphatic heterocycles. The molecule has 0 spiro atoms. The number of carbonyl (C=O) groups is 2. The lowest BCUT2D eigenvalue weighted by Gasteiger charge is -2.35. The highest BCUT2D eigenvalue weighted by Crippen LogP contribution is 2.25. The van der Waals surface area contributed by atoms with Crippen LogP contribution in [0, 0.1) is 11.3 Å². The molecule has 1 rings (SSSR count). The average Bonchev–Trinajstić information content (AvgIpc) is 2.57. The van der Waals surface area contributed by atoms with Crippen LogP contribution in [0.1, 0.15) is 64.4 Å². The molecule has 1 aromatic carbocycles. The second-order valence-corrected chi connectivity index (χ2v) is 8.13. The summed E-state index contributed by atoms with van der Waals surface area (Å²) in [5.41, 5.74) is 2.12. The summed E-state index contributed by atoms with van der Waals surface area (Å²) in [5.74, 6) is -0.246. The third-order valence-corrected chi connectivity index (χ3v) is 4.58. The molecule has 0 fully saturated rings. The summed E-state index contributed by atoms with van der Waals surface area (Å²) in [7, 11) is 1.65. The second kappa shape index (κ2) is 9.17. The van der Waals surface area contributed by atoms with Crippen molar-refractivity contribution in [2.75, 3.05) is 12.4 Å². The first-order valence-electron chi connectivity index (χ1n) is 9.28. The van der Waals surface area contributed by atoms with Gasteiger partial charge in [0, 0.05) is 24.3 Å². The number of carbonyl (C=O) groups excluding carboxylic acids is 2. The summed E-state index contributed by atoms with van der Waals surface area (Å²) in [6.45, 7) is 13.9. The summed E-state index contributed by atoms with van der Waals surface area (Å²) in [6, 6.07) is 5.31. The van der Waals surface area contributed by atoms with Gasteiger partial charge in [-0.3, -0.25) is 9.59 Å². The van der Waals surface area contributed by atoms with E-state index in [0.29, 0.717) is 12.0 Å². The molecular formula is C21H34N2O3.